The van der Waals surface area contributed by atoms with Gasteiger partial charge in [-0.3, -0.25) is 15.6 Å². The second-order valence-electron chi connectivity index (χ2n) is 8.45. The molecule has 0 radical (unpaired) electrons. The molecule has 2 aromatic rings. The number of benzene rings is 1. The van der Waals surface area contributed by atoms with Crippen molar-refractivity contribution in [1.29, 1.82) is 0 Å². The average molecular weight is 467 g/mol. The summed E-state index contributed by atoms with van der Waals surface area (Å²) in [6, 6.07) is 7.71. The third kappa shape index (κ3) is 5.23. The standard InChI is InChI=1S/C22H29Cl2FN6/c1-15-13-30(22-20(24)11-18(28-26)12-27-22)8-9-31(15)19-4-6-29(7-5-19)14-16-2-3-17(23)10-21(16)25/h2-3,10-12,15,19,28H,4-9,13-14,26H2,1H3. The number of halogens is 3. The van der Waals surface area contributed by atoms with Crippen LogP contribution in [-0.2, 0) is 6.54 Å². The van der Waals surface area contributed by atoms with E-state index in [0.29, 0.717) is 39.9 Å². The lowest BCUT2D eigenvalue weighted by molar-refractivity contribution is 0.0687. The lowest BCUT2D eigenvalue weighted by Crippen LogP contribution is -2.57. The van der Waals surface area contributed by atoms with Gasteiger partial charge in [-0.2, -0.15) is 0 Å². The van der Waals surface area contributed by atoms with Crippen molar-refractivity contribution in [2.75, 3.05) is 43.0 Å². The summed E-state index contributed by atoms with van der Waals surface area (Å²) in [5.41, 5.74) is 3.99. The van der Waals surface area contributed by atoms with Crippen molar-refractivity contribution in [3.8, 4) is 0 Å². The van der Waals surface area contributed by atoms with Crippen molar-refractivity contribution in [2.24, 2.45) is 5.84 Å². The van der Waals surface area contributed by atoms with Gasteiger partial charge in [-0.15, -0.1) is 0 Å². The fourth-order valence-corrected chi connectivity index (χ4v) is 5.19. The van der Waals surface area contributed by atoms with Crippen LogP contribution in [0.3, 0.4) is 0 Å². The van der Waals surface area contributed by atoms with E-state index in [4.69, 9.17) is 29.0 Å². The van der Waals surface area contributed by atoms with Crippen LogP contribution in [0.15, 0.2) is 30.5 Å². The lowest BCUT2D eigenvalue weighted by atomic mass is 9.99. The molecule has 3 heterocycles. The molecule has 2 aliphatic heterocycles. The largest absolute Gasteiger partial charge is 0.353 e. The molecule has 0 amide bonds. The van der Waals surface area contributed by atoms with Gasteiger partial charge in [0.25, 0.3) is 0 Å². The number of rotatable bonds is 5. The molecule has 2 fully saturated rings. The molecule has 1 atom stereocenters. The van der Waals surface area contributed by atoms with Crippen molar-refractivity contribution in [2.45, 2.75) is 38.4 Å². The first kappa shape index (κ1) is 22.6. The number of hydrogen-bond acceptors (Lipinski definition) is 6. The van der Waals surface area contributed by atoms with Crippen LogP contribution in [0.1, 0.15) is 25.3 Å². The molecule has 0 aliphatic carbocycles. The maximum Gasteiger partial charge on any atom is 0.147 e. The summed E-state index contributed by atoms with van der Waals surface area (Å²) in [7, 11) is 0. The molecule has 9 heteroatoms. The van der Waals surface area contributed by atoms with E-state index in [1.54, 1.807) is 24.4 Å². The van der Waals surface area contributed by atoms with Crippen LogP contribution in [-0.4, -0.2) is 59.6 Å². The molecule has 31 heavy (non-hydrogen) atoms. The number of aromatic nitrogens is 1. The Kier molecular flexibility index (Phi) is 7.19. The van der Waals surface area contributed by atoms with Gasteiger partial charge in [0.15, 0.2) is 0 Å². The summed E-state index contributed by atoms with van der Waals surface area (Å²) in [5.74, 6) is 6.03. The highest BCUT2D eigenvalue weighted by atomic mass is 35.5. The highest BCUT2D eigenvalue weighted by Crippen LogP contribution is 2.29. The van der Waals surface area contributed by atoms with Gasteiger partial charge in [-0.1, -0.05) is 29.3 Å². The number of piperidine rings is 1. The van der Waals surface area contributed by atoms with E-state index in [-0.39, 0.29) is 5.82 Å². The minimum absolute atomic E-state index is 0.220. The lowest BCUT2D eigenvalue weighted by Gasteiger charge is -2.47. The second-order valence-corrected chi connectivity index (χ2v) is 9.29. The summed E-state index contributed by atoms with van der Waals surface area (Å²) in [6.45, 7) is 7.61. The number of nitrogen functional groups attached to an aromatic ring is 1. The molecule has 4 rings (SSSR count). The number of nitrogens with zero attached hydrogens (tertiary/aromatic N) is 4. The quantitative estimate of drug-likeness (QED) is 0.513. The molecular formula is C22H29Cl2FN6. The Morgan fingerprint density at radius 3 is 2.58 bits per heavy atom. The number of pyridine rings is 1. The molecule has 6 nitrogen and oxygen atoms in total. The molecule has 3 N–H and O–H groups in total. The number of piperazine rings is 1. The molecule has 0 saturated carbocycles. The SMILES string of the molecule is CC1CN(c2ncc(NN)cc2Cl)CCN1C1CCN(Cc2ccc(Cl)cc2F)CC1. The Hall–Kier alpha value is -1.64. The fraction of sp³-hybridized carbons (Fsp3) is 0.500. The van der Waals surface area contributed by atoms with E-state index >= 15 is 0 Å². The first-order valence-electron chi connectivity index (χ1n) is 10.7. The topological polar surface area (TPSA) is 60.7 Å². The molecule has 0 bridgehead atoms. The van der Waals surface area contributed by atoms with Gasteiger partial charge in [0.2, 0.25) is 0 Å². The van der Waals surface area contributed by atoms with Crippen molar-refractivity contribution in [1.82, 2.24) is 14.8 Å². The van der Waals surface area contributed by atoms with Crippen LogP contribution in [0.25, 0.3) is 0 Å². The summed E-state index contributed by atoms with van der Waals surface area (Å²) in [6.07, 6.45) is 3.89. The summed E-state index contributed by atoms with van der Waals surface area (Å²) >= 11 is 12.3. The monoisotopic (exact) mass is 466 g/mol. The zero-order valence-corrected chi connectivity index (χ0v) is 19.2. The summed E-state index contributed by atoms with van der Waals surface area (Å²) in [5, 5.41) is 1.05. The highest BCUT2D eigenvalue weighted by molar-refractivity contribution is 6.33. The molecule has 2 aliphatic rings. The fourth-order valence-electron chi connectivity index (χ4n) is 4.75. The van der Waals surface area contributed by atoms with E-state index < -0.39 is 0 Å². The normalized spacial score (nSPS) is 21.5. The maximum atomic E-state index is 14.1. The van der Waals surface area contributed by atoms with Crippen LogP contribution in [0.4, 0.5) is 15.9 Å². The highest BCUT2D eigenvalue weighted by Gasteiger charge is 2.32. The number of anilines is 2. The molecule has 0 spiro atoms. The zero-order chi connectivity index (χ0) is 22.0. The van der Waals surface area contributed by atoms with E-state index in [2.05, 4.69) is 32.0 Å². The number of likely N-dealkylation sites (tertiary alicyclic amines) is 1. The van der Waals surface area contributed by atoms with Crippen LogP contribution in [0.2, 0.25) is 10.0 Å². The van der Waals surface area contributed by atoms with Crippen molar-refractivity contribution >= 4 is 34.7 Å². The van der Waals surface area contributed by atoms with E-state index in [1.807, 2.05) is 0 Å². The van der Waals surface area contributed by atoms with Crippen LogP contribution < -0.4 is 16.2 Å². The van der Waals surface area contributed by atoms with E-state index in [1.165, 1.54) is 6.07 Å². The first-order valence-corrected chi connectivity index (χ1v) is 11.5. The molecule has 1 unspecified atom stereocenters. The van der Waals surface area contributed by atoms with Gasteiger partial charge in [-0.05, 0) is 51.1 Å². The van der Waals surface area contributed by atoms with Crippen LogP contribution >= 0.6 is 23.2 Å². The summed E-state index contributed by atoms with van der Waals surface area (Å²) in [4.78, 5) is 11.7. The Balaban J connectivity index is 1.31. The summed E-state index contributed by atoms with van der Waals surface area (Å²) < 4.78 is 14.1. The third-order valence-corrected chi connectivity index (χ3v) is 6.92. The van der Waals surface area contributed by atoms with Gasteiger partial charge in [0, 0.05) is 48.8 Å². The third-order valence-electron chi connectivity index (χ3n) is 6.40. The number of hydrazine groups is 1. The zero-order valence-electron chi connectivity index (χ0n) is 17.7. The molecule has 1 aromatic carbocycles. The van der Waals surface area contributed by atoms with Gasteiger partial charge >= 0.3 is 0 Å². The molecular weight excluding hydrogens is 438 g/mol. The number of nitrogens with two attached hydrogens (primary N) is 1. The van der Waals surface area contributed by atoms with Gasteiger partial charge in [-0.25, -0.2) is 9.37 Å². The van der Waals surface area contributed by atoms with Crippen LogP contribution in [0.5, 0.6) is 0 Å². The maximum absolute atomic E-state index is 14.1. The smallest absolute Gasteiger partial charge is 0.147 e. The Morgan fingerprint density at radius 1 is 1.16 bits per heavy atom. The van der Waals surface area contributed by atoms with Crippen molar-refractivity contribution in [3.05, 3.63) is 51.9 Å². The molecule has 2 saturated heterocycles. The Morgan fingerprint density at radius 2 is 1.94 bits per heavy atom. The predicted octanol–water partition coefficient (Wildman–Crippen LogP) is 3.99. The van der Waals surface area contributed by atoms with Crippen molar-refractivity contribution in [3.63, 3.8) is 0 Å². The van der Waals surface area contributed by atoms with Crippen molar-refractivity contribution < 1.29 is 4.39 Å². The van der Waals surface area contributed by atoms with Gasteiger partial charge < -0.3 is 10.3 Å². The molecule has 168 valence electrons. The Bertz CT molecular complexity index is 906. The second kappa shape index (κ2) is 9.88. The Labute approximate surface area is 193 Å². The van der Waals surface area contributed by atoms with E-state index in [9.17, 15) is 4.39 Å². The minimum atomic E-state index is -0.220. The predicted molar refractivity (Wildman–Crippen MR) is 125 cm³/mol. The van der Waals surface area contributed by atoms with Crippen LogP contribution in [0, 0.1) is 5.82 Å². The molecule has 1 aromatic heterocycles. The van der Waals surface area contributed by atoms with E-state index in [0.717, 1.165) is 51.4 Å². The average Bonchev–Trinajstić information content (AvgIpc) is 2.76. The number of nitrogens with one attached hydrogen (secondary N) is 1. The van der Waals surface area contributed by atoms with Gasteiger partial charge in [0.05, 0.1) is 16.9 Å². The number of hydrogen-bond donors (Lipinski definition) is 2. The van der Waals surface area contributed by atoms with Gasteiger partial charge in [0.1, 0.15) is 11.6 Å². The first-order chi connectivity index (χ1) is 14.9. The minimum Gasteiger partial charge on any atom is -0.353 e.